The first-order valence-corrected chi connectivity index (χ1v) is 2.01. The Morgan fingerprint density at radius 2 is 2.29 bits per heavy atom. The quantitative estimate of drug-likeness (QED) is 0.298. The van der Waals surface area contributed by atoms with Crippen molar-refractivity contribution in [1.82, 2.24) is 0 Å². The Balaban J connectivity index is 3.55. The van der Waals surface area contributed by atoms with Crippen LogP contribution in [0, 0.1) is 0 Å². The van der Waals surface area contributed by atoms with E-state index >= 15 is 0 Å². The number of hydrogen-bond donors (Lipinski definition) is 1. The number of amides is 1. The highest BCUT2D eigenvalue weighted by Crippen LogP contribution is 1.85. The van der Waals surface area contributed by atoms with Crippen molar-refractivity contribution < 1.29 is 9.59 Å². The van der Waals surface area contributed by atoms with Gasteiger partial charge in [-0.05, 0) is 0 Å². The van der Waals surface area contributed by atoms with Gasteiger partial charge in [0.05, 0.1) is 0 Å². The highest BCUT2D eigenvalue weighted by atomic mass is 35.5. The van der Waals surface area contributed by atoms with E-state index in [1.54, 1.807) is 0 Å². The van der Waals surface area contributed by atoms with E-state index in [1.165, 1.54) is 0 Å². The van der Waals surface area contributed by atoms with Gasteiger partial charge < -0.3 is 10.5 Å². The fourth-order valence-corrected chi connectivity index (χ4v) is 0.0671. The van der Waals surface area contributed by atoms with Gasteiger partial charge in [-0.2, -0.15) is 0 Å². The Hall–Kier alpha value is -0.570. The van der Waals surface area contributed by atoms with E-state index in [0.29, 0.717) is 0 Å². The second kappa shape index (κ2) is 2.58. The number of aldehydes is 1. The van der Waals surface area contributed by atoms with Crippen molar-refractivity contribution in [3.05, 3.63) is 0 Å². The number of halogens is 1. The van der Waals surface area contributed by atoms with Gasteiger partial charge in [-0.15, -0.1) is 11.6 Å². The first-order valence-electron chi connectivity index (χ1n) is 1.57. The van der Waals surface area contributed by atoms with Crippen LogP contribution in [0.2, 0.25) is 0 Å². The number of carbonyl (C=O) groups is 2. The lowest BCUT2D eigenvalue weighted by atomic mass is 10.5. The van der Waals surface area contributed by atoms with E-state index in [4.69, 9.17) is 11.6 Å². The van der Waals surface area contributed by atoms with Crippen LogP contribution < -0.4 is 5.73 Å². The molecule has 0 aromatic rings. The molecule has 0 aromatic carbocycles. The molecule has 1 amide bonds. The largest absolute Gasteiger partial charge is 0.368 e. The monoisotopic (exact) mass is 121 g/mol. The SMILES string of the molecule is NC(=O)C(Cl)C=O. The van der Waals surface area contributed by atoms with Crippen LogP contribution >= 0.6 is 11.6 Å². The molecule has 7 heavy (non-hydrogen) atoms. The molecule has 0 aliphatic carbocycles. The van der Waals surface area contributed by atoms with Crippen LogP contribution in [0.25, 0.3) is 0 Å². The second-order valence-corrected chi connectivity index (χ2v) is 1.41. The molecule has 3 nitrogen and oxygen atoms in total. The summed E-state index contributed by atoms with van der Waals surface area (Å²) in [5, 5.41) is -1.17. The maximum atomic E-state index is 9.79. The summed E-state index contributed by atoms with van der Waals surface area (Å²) < 4.78 is 0. The molecule has 0 aromatic heterocycles. The third kappa shape index (κ3) is 2.17. The fourth-order valence-electron chi connectivity index (χ4n) is 0.0671. The molecular formula is C3H4ClNO2. The molecule has 0 aliphatic heterocycles. The molecule has 0 saturated carbocycles. The number of carbonyl (C=O) groups excluding carboxylic acids is 2. The number of primary amides is 1. The Kier molecular flexibility index (Phi) is 2.37. The van der Waals surface area contributed by atoms with Crippen LogP contribution in [-0.4, -0.2) is 17.6 Å². The average molecular weight is 122 g/mol. The summed E-state index contributed by atoms with van der Waals surface area (Å²) in [6.07, 6.45) is 0.282. The zero-order valence-corrected chi connectivity index (χ0v) is 4.18. The van der Waals surface area contributed by atoms with Crippen LogP contribution in [0.3, 0.4) is 0 Å². The summed E-state index contributed by atoms with van der Waals surface area (Å²) in [4.78, 5) is 19.3. The summed E-state index contributed by atoms with van der Waals surface area (Å²) in [5.74, 6) is -0.809. The van der Waals surface area contributed by atoms with Crippen LogP contribution in [0.5, 0.6) is 0 Å². The lowest BCUT2D eigenvalue weighted by Gasteiger charge is -1.87. The molecule has 0 bridgehead atoms. The van der Waals surface area contributed by atoms with Gasteiger partial charge in [0.25, 0.3) is 0 Å². The van der Waals surface area contributed by atoms with Gasteiger partial charge in [-0.25, -0.2) is 0 Å². The Bertz CT molecular complexity index is 92.9. The van der Waals surface area contributed by atoms with Gasteiger partial charge in [0.2, 0.25) is 5.91 Å². The van der Waals surface area contributed by atoms with Crippen molar-refractivity contribution in [2.75, 3.05) is 0 Å². The minimum absolute atomic E-state index is 0.282. The minimum atomic E-state index is -1.17. The highest BCUT2D eigenvalue weighted by molar-refractivity contribution is 6.38. The zero-order valence-electron chi connectivity index (χ0n) is 3.43. The topological polar surface area (TPSA) is 60.2 Å². The molecule has 0 spiro atoms. The van der Waals surface area contributed by atoms with Crippen molar-refractivity contribution in [2.45, 2.75) is 5.38 Å². The van der Waals surface area contributed by atoms with Crippen molar-refractivity contribution in [1.29, 1.82) is 0 Å². The van der Waals surface area contributed by atoms with Gasteiger partial charge in [-0.1, -0.05) is 0 Å². The molecule has 0 rings (SSSR count). The predicted molar refractivity (Wildman–Crippen MR) is 24.9 cm³/mol. The number of nitrogens with two attached hydrogens (primary N) is 1. The Labute approximate surface area is 45.4 Å². The van der Waals surface area contributed by atoms with E-state index < -0.39 is 11.3 Å². The minimum Gasteiger partial charge on any atom is -0.368 e. The van der Waals surface area contributed by atoms with Crippen molar-refractivity contribution >= 4 is 23.8 Å². The Morgan fingerprint density at radius 1 is 1.86 bits per heavy atom. The van der Waals surface area contributed by atoms with Crippen LogP contribution in [-0.2, 0) is 9.59 Å². The molecule has 1 atom stereocenters. The first-order chi connectivity index (χ1) is 3.18. The van der Waals surface area contributed by atoms with E-state index in [-0.39, 0.29) is 6.29 Å². The molecule has 1 unspecified atom stereocenters. The predicted octanol–water partition coefficient (Wildman–Crippen LogP) is -0.722. The molecule has 2 N–H and O–H groups in total. The van der Waals surface area contributed by atoms with Gasteiger partial charge >= 0.3 is 0 Å². The molecule has 4 heteroatoms. The second-order valence-electron chi connectivity index (χ2n) is 0.940. The van der Waals surface area contributed by atoms with Gasteiger partial charge in [0, 0.05) is 0 Å². The third-order valence-electron chi connectivity index (χ3n) is 0.391. The highest BCUT2D eigenvalue weighted by Gasteiger charge is 2.06. The average Bonchev–Trinajstić information content (AvgIpc) is 1.65. The maximum Gasteiger partial charge on any atom is 0.242 e. The van der Waals surface area contributed by atoms with E-state index in [2.05, 4.69) is 5.73 Å². The van der Waals surface area contributed by atoms with Crippen molar-refractivity contribution in [3.8, 4) is 0 Å². The summed E-state index contributed by atoms with van der Waals surface area (Å²) in [6.45, 7) is 0. The van der Waals surface area contributed by atoms with Crippen molar-refractivity contribution in [3.63, 3.8) is 0 Å². The van der Waals surface area contributed by atoms with Crippen LogP contribution in [0.4, 0.5) is 0 Å². The molecule has 40 valence electrons. The molecule has 0 radical (unpaired) electrons. The number of hydrogen-bond acceptors (Lipinski definition) is 2. The molecule has 0 aliphatic rings. The zero-order chi connectivity index (χ0) is 5.86. The molecular weight excluding hydrogens is 117 g/mol. The van der Waals surface area contributed by atoms with Gasteiger partial charge in [0.1, 0.15) is 6.29 Å². The fraction of sp³-hybridized carbons (Fsp3) is 0.333. The number of alkyl halides is 1. The van der Waals surface area contributed by atoms with E-state index in [0.717, 1.165) is 0 Å². The van der Waals surface area contributed by atoms with Gasteiger partial charge in [0.15, 0.2) is 5.38 Å². The molecule has 0 fully saturated rings. The van der Waals surface area contributed by atoms with Crippen molar-refractivity contribution in [2.24, 2.45) is 5.73 Å². The van der Waals surface area contributed by atoms with E-state index in [9.17, 15) is 9.59 Å². The lowest BCUT2D eigenvalue weighted by molar-refractivity contribution is -0.120. The van der Waals surface area contributed by atoms with Crippen LogP contribution in [0.15, 0.2) is 0 Å². The Morgan fingerprint density at radius 3 is 2.29 bits per heavy atom. The van der Waals surface area contributed by atoms with Gasteiger partial charge in [-0.3, -0.25) is 4.79 Å². The normalized spacial score (nSPS) is 12.7. The summed E-state index contributed by atoms with van der Waals surface area (Å²) in [6, 6.07) is 0. The molecule has 0 saturated heterocycles. The van der Waals surface area contributed by atoms with Crippen LogP contribution in [0.1, 0.15) is 0 Å². The lowest BCUT2D eigenvalue weighted by Crippen LogP contribution is -2.24. The summed E-state index contributed by atoms with van der Waals surface area (Å²) in [7, 11) is 0. The smallest absolute Gasteiger partial charge is 0.242 e. The summed E-state index contributed by atoms with van der Waals surface area (Å²) >= 11 is 4.96. The first kappa shape index (κ1) is 6.43. The van der Waals surface area contributed by atoms with E-state index in [1.807, 2.05) is 0 Å². The third-order valence-corrected chi connectivity index (χ3v) is 0.709. The standard InChI is InChI=1S/C3H4ClNO2/c4-2(1-6)3(5)7/h1-2H,(H2,5,7). The molecule has 0 heterocycles. The maximum absolute atomic E-state index is 9.79. The summed E-state index contributed by atoms with van der Waals surface area (Å²) in [5.41, 5.74) is 4.54. The number of rotatable bonds is 2.